The number of benzene rings is 3. The number of carbonyl (C=O) groups is 1. The Bertz CT molecular complexity index is 1590. The van der Waals surface area contributed by atoms with Crippen molar-refractivity contribution in [2.24, 2.45) is 11.8 Å². The molecule has 2 fully saturated rings. The molecule has 0 unspecified atom stereocenters. The highest BCUT2D eigenvalue weighted by atomic mass is 79.9. The molecule has 1 saturated heterocycles. The molecule has 180 valence electrons. The number of carbonyl (C=O) groups excluding carboxylic acids is 1. The third kappa shape index (κ3) is 3.84. The van der Waals surface area contributed by atoms with Crippen molar-refractivity contribution in [1.82, 2.24) is 19.4 Å². The van der Waals surface area contributed by atoms with E-state index in [-0.39, 0.29) is 0 Å². The van der Waals surface area contributed by atoms with Gasteiger partial charge in [0.05, 0.1) is 5.52 Å². The number of nitrogens with one attached hydrogen (secondary N) is 1. The topological polar surface area (TPSA) is 53.9 Å². The van der Waals surface area contributed by atoms with Gasteiger partial charge < -0.3 is 14.5 Å². The maximum Gasteiger partial charge on any atom is 0.225 e. The van der Waals surface area contributed by atoms with Crippen molar-refractivity contribution in [2.45, 2.75) is 25.8 Å². The van der Waals surface area contributed by atoms with Crippen LogP contribution in [0, 0.1) is 11.8 Å². The lowest BCUT2D eigenvalue weighted by Crippen LogP contribution is -2.30. The van der Waals surface area contributed by atoms with Crippen LogP contribution in [0.4, 0.5) is 0 Å². The van der Waals surface area contributed by atoms with Gasteiger partial charge in [0.25, 0.3) is 0 Å². The number of fused-ring (bicyclic) bond motifs is 2. The van der Waals surface area contributed by atoms with Gasteiger partial charge in [-0.3, -0.25) is 4.79 Å². The summed E-state index contributed by atoms with van der Waals surface area (Å²) in [5.41, 5.74) is 6.74. The van der Waals surface area contributed by atoms with Crippen LogP contribution in [0.3, 0.4) is 0 Å². The van der Waals surface area contributed by atoms with Crippen LogP contribution >= 0.6 is 15.9 Å². The Morgan fingerprint density at radius 2 is 1.78 bits per heavy atom. The predicted octanol–water partition coefficient (Wildman–Crippen LogP) is 6.87. The molecule has 1 saturated carbocycles. The highest BCUT2D eigenvalue weighted by Gasteiger charge is 2.36. The molecule has 1 atom stereocenters. The smallest absolute Gasteiger partial charge is 0.225 e. The van der Waals surface area contributed by atoms with Crippen LogP contribution in [0.25, 0.3) is 44.5 Å². The summed E-state index contributed by atoms with van der Waals surface area (Å²) in [6.07, 6.45) is 5.16. The van der Waals surface area contributed by atoms with Gasteiger partial charge in [0.15, 0.2) is 0 Å². The summed E-state index contributed by atoms with van der Waals surface area (Å²) < 4.78 is 3.36. The second kappa shape index (κ2) is 8.63. The van der Waals surface area contributed by atoms with Gasteiger partial charge in [0, 0.05) is 47.3 Å². The van der Waals surface area contributed by atoms with Crippen LogP contribution in [0.15, 0.2) is 77.4 Å². The molecule has 0 bridgehead atoms. The van der Waals surface area contributed by atoms with Crippen LogP contribution in [-0.2, 0) is 11.3 Å². The molecule has 2 aliphatic rings. The summed E-state index contributed by atoms with van der Waals surface area (Å²) in [7, 11) is 0. The Morgan fingerprint density at radius 3 is 2.61 bits per heavy atom. The van der Waals surface area contributed by atoms with E-state index >= 15 is 0 Å². The monoisotopic (exact) mass is 538 g/mol. The van der Waals surface area contributed by atoms with Gasteiger partial charge in [-0.1, -0.05) is 42.5 Å². The number of amides is 1. The normalized spacial score (nSPS) is 17.9. The van der Waals surface area contributed by atoms with E-state index in [1.807, 2.05) is 6.20 Å². The predicted molar refractivity (Wildman–Crippen MR) is 148 cm³/mol. The molecule has 36 heavy (non-hydrogen) atoms. The molecule has 1 aliphatic carbocycles. The number of H-pyrrole nitrogens is 1. The van der Waals surface area contributed by atoms with Gasteiger partial charge >= 0.3 is 0 Å². The van der Waals surface area contributed by atoms with Gasteiger partial charge in [0.1, 0.15) is 11.3 Å². The molecular formula is C30H27BrN4O. The zero-order chi connectivity index (χ0) is 24.2. The number of imidazole rings is 1. The van der Waals surface area contributed by atoms with Crippen LogP contribution in [-0.4, -0.2) is 38.4 Å². The number of hydrogen-bond acceptors (Lipinski definition) is 2. The number of rotatable bonds is 5. The molecule has 1 amide bonds. The van der Waals surface area contributed by atoms with Crippen molar-refractivity contribution < 1.29 is 4.79 Å². The van der Waals surface area contributed by atoms with E-state index in [2.05, 4.69) is 97.1 Å². The van der Waals surface area contributed by atoms with Crippen molar-refractivity contribution in [2.75, 3.05) is 13.1 Å². The van der Waals surface area contributed by atoms with Crippen molar-refractivity contribution in [3.8, 4) is 22.5 Å². The Labute approximate surface area is 218 Å². The number of likely N-dealkylation sites (tertiary alicyclic amines) is 1. The largest absolute Gasteiger partial charge is 0.361 e. The number of para-hydroxylation sites is 1. The minimum atomic E-state index is 0.292. The number of aromatic amines is 1. The van der Waals surface area contributed by atoms with Gasteiger partial charge in [-0.15, -0.1) is 0 Å². The molecule has 1 aliphatic heterocycles. The fraction of sp³-hybridized carbons (Fsp3) is 0.267. The number of nitrogens with zero attached hydrogens (tertiary/aromatic N) is 3. The third-order valence-electron chi connectivity index (χ3n) is 7.73. The number of hydrogen-bond donors (Lipinski definition) is 1. The lowest BCUT2D eigenvalue weighted by molar-refractivity contribution is -0.131. The lowest BCUT2D eigenvalue weighted by Gasteiger charge is -2.18. The summed E-state index contributed by atoms with van der Waals surface area (Å²) in [5.74, 6) is 2.08. The molecule has 2 aromatic heterocycles. The van der Waals surface area contributed by atoms with Gasteiger partial charge in [-0.2, -0.15) is 0 Å². The minimum absolute atomic E-state index is 0.292. The number of halogens is 1. The fourth-order valence-electron chi connectivity index (χ4n) is 5.59. The summed E-state index contributed by atoms with van der Waals surface area (Å²) in [6.45, 7) is 2.59. The minimum Gasteiger partial charge on any atom is -0.361 e. The van der Waals surface area contributed by atoms with Crippen molar-refractivity contribution >= 4 is 43.8 Å². The first-order valence-electron chi connectivity index (χ1n) is 12.8. The summed E-state index contributed by atoms with van der Waals surface area (Å²) in [6, 6.07) is 23.6. The molecule has 0 spiro atoms. The molecule has 0 radical (unpaired) electrons. The van der Waals surface area contributed by atoms with Gasteiger partial charge in [-0.25, -0.2) is 4.98 Å². The molecular weight excluding hydrogens is 512 g/mol. The first-order chi connectivity index (χ1) is 17.6. The second-order valence-corrected chi connectivity index (χ2v) is 11.1. The van der Waals surface area contributed by atoms with Gasteiger partial charge in [0.2, 0.25) is 5.91 Å². The Balaban J connectivity index is 1.22. The van der Waals surface area contributed by atoms with Crippen molar-refractivity contribution in [3.05, 3.63) is 77.4 Å². The van der Waals surface area contributed by atoms with E-state index in [0.29, 0.717) is 17.7 Å². The molecule has 3 aromatic carbocycles. The van der Waals surface area contributed by atoms with Crippen LogP contribution < -0.4 is 0 Å². The summed E-state index contributed by atoms with van der Waals surface area (Å²) >= 11 is 3.71. The van der Waals surface area contributed by atoms with E-state index in [1.165, 1.54) is 16.5 Å². The third-order valence-corrected chi connectivity index (χ3v) is 8.37. The Hall–Kier alpha value is -3.38. The number of aromatic nitrogens is 3. The highest BCUT2D eigenvalue weighted by molar-refractivity contribution is 9.10. The maximum absolute atomic E-state index is 12.6. The van der Waals surface area contributed by atoms with Crippen LogP contribution in [0.2, 0.25) is 0 Å². The summed E-state index contributed by atoms with van der Waals surface area (Å²) in [4.78, 5) is 23.1. The Morgan fingerprint density at radius 1 is 0.972 bits per heavy atom. The first-order valence-corrected chi connectivity index (χ1v) is 13.5. The fourth-order valence-corrected chi connectivity index (χ4v) is 6.03. The standard InChI is InChI=1S/C30H27BrN4O/c31-25-2-1-3-27-28(25)33-29(35(27)18-19-13-15-34(17-19)30(36)23-9-10-23)22-7-4-20(5-8-22)24-11-6-21-12-14-32-26(21)16-24/h1-8,11-12,14,16,19,23,32H,9-10,13,15,17-18H2/t19-/m0/s1. The quantitative estimate of drug-likeness (QED) is 0.265. The van der Waals surface area contributed by atoms with E-state index in [9.17, 15) is 4.79 Å². The highest BCUT2D eigenvalue weighted by Crippen LogP contribution is 2.35. The molecule has 5 aromatic rings. The van der Waals surface area contributed by atoms with Gasteiger partial charge in [-0.05, 0) is 81.9 Å². The average Bonchev–Trinajstić information content (AvgIpc) is 3.30. The van der Waals surface area contributed by atoms with Crippen LogP contribution in [0.5, 0.6) is 0 Å². The average molecular weight is 539 g/mol. The summed E-state index contributed by atoms with van der Waals surface area (Å²) in [5, 5.41) is 1.22. The molecule has 5 nitrogen and oxygen atoms in total. The first kappa shape index (κ1) is 21.9. The maximum atomic E-state index is 12.6. The lowest BCUT2D eigenvalue weighted by atomic mass is 10.0. The Kier molecular flexibility index (Phi) is 5.24. The van der Waals surface area contributed by atoms with Crippen LogP contribution in [0.1, 0.15) is 19.3 Å². The SMILES string of the molecule is O=C(C1CC1)N1CC[C@H](Cn2c(-c3ccc(-c4ccc5cc[nH]c5c4)cc3)nc3c(Br)cccc32)C1. The van der Waals surface area contributed by atoms with E-state index < -0.39 is 0 Å². The van der Waals surface area contributed by atoms with E-state index in [0.717, 1.165) is 71.3 Å². The zero-order valence-corrected chi connectivity index (χ0v) is 21.5. The molecule has 3 heterocycles. The zero-order valence-electron chi connectivity index (χ0n) is 20.0. The van der Waals surface area contributed by atoms with E-state index in [1.54, 1.807) is 0 Å². The van der Waals surface area contributed by atoms with E-state index in [4.69, 9.17) is 4.98 Å². The van der Waals surface area contributed by atoms with Crippen molar-refractivity contribution in [1.29, 1.82) is 0 Å². The second-order valence-electron chi connectivity index (χ2n) is 10.2. The van der Waals surface area contributed by atoms with Crippen molar-refractivity contribution in [3.63, 3.8) is 0 Å². The molecule has 1 N–H and O–H groups in total. The molecule has 7 rings (SSSR count). The molecule has 6 heteroatoms.